The van der Waals surface area contributed by atoms with Gasteiger partial charge in [-0.25, -0.2) is 4.39 Å². The number of halogens is 1. The van der Waals surface area contributed by atoms with Crippen molar-refractivity contribution in [3.8, 4) is 0 Å². The van der Waals surface area contributed by atoms with Gasteiger partial charge >= 0.3 is 0 Å². The third-order valence-corrected chi connectivity index (χ3v) is 4.76. The van der Waals surface area contributed by atoms with Gasteiger partial charge in [-0.05, 0) is 72.9 Å². The Kier molecular flexibility index (Phi) is 5.87. The van der Waals surface area contributed by atoms with E-state index in [1.54, 1.807) is 12.1 Å². The van der Waals surface area contributed by atoms with Gasteiger partial charge in [-0.3, -0.25) is 0 Å². The van der Waals surface area contributed by atoms with E-state index in [2.05, 4.69) is 46.7 Å². The van der Waals surface area contributed by atoms with E-state index in [0.29, 0.717) is 11.7 Å². The van der Waals surface area contributed by atoms with Gasteiger partial charge in [-0.2, -0.15) is 0 Å². The summed E-state index contributed by atoms with van der Waals surface area (Å²) in [5.74, 6) is 0.512. The summed E-state index contributed by atoms with van der Waals surface area (Å²) < 4.78 is 12.9. The van der Waals surface area contributed by atoms with E-state index in [4.69, 9.17) is 12.2 Å². The van der Waals surface area contributed by atoms with Gasteiger partial charge in [0.15, 0.2) is 5.11 Å². The fourth-order valence-corrected chi connectivity index (χ4v) is 3.33. The first kappa shape index (κ1) is 17.7. The van der Waals surface area contributed by atoms with Crippen molar-refractivity contribution in [2.24, 2.45) is 5.92 Å². The van der Waals surface area contributed by atoms with Gasteiger partial charge < -0.3 is 15.5 Å². The smallest absolute Gasteiger partial charge is 0.171 e. The minimum atomic E-state index is -0.257. The quantitative estimate of drug-likeness (QED) is 0.785. The standard InChI is InChI=1S/C20H24FN3S/c1-15-3-2-12-24(14-15)19-10-4-16(5-11-19)13-22-20(25)23-18-8-6-17(21)7-9-18/h4-11,15H,2-3,12-14H2,1H3,(H2,22,23,25)/t15-/m1/s1. The number of nitrogens with one attached hydrogen (secondary N) is 2. The van der Waals surface area contributed by atoms with Crippen LogP contribution in [0.5, 0.6) is 0 Å². The lowest BCUT2D eigenvalue weighted by Crippen LogP contribution is -2.34. The van der Waals surface area contributed by atoms with Crippen LogP contribution in [-0.4, -0.2) is 18.2 Å². The number of nitrogens with zero attached hydrogens (tertiary/aromatic N) is 1. The zero-order valence-corrected chi connectivity index (χ0v) is 15.3. The molecular weight excluding hydrogens is 333 g/mol. The van der Waals surface area contributed by atoms with Gasteiger partial charge in [0.1, 0.15) is 5.82 Å². The third-order valence-electron chi connectivity index (χ3n) is 4.51. The maximum Gasteiger partial charge on any atom is 0.171 e. The predicted octanol–water partition coefficient (Wildman–Crippen LogP) is 4.55. The van der Waals surface area contributed by atoms with Crippen LogP contribution in [0.3, 0.4) is 0 Å². The molecule has 0 aromatic heterocycles. The van der Waals surface area contributed by atoms with Crippen LogP contribution in [0.1, 0.15) is 25.3 Å². The molecule has 0 aliphatic carbocycles. The Hall–Kier alpha value is -2.14. The summed E-state index contributed by atoms with van der Waals surface area (Å²) in [4.78, 5) is 2.46. The van der Waals surface area contributed by atoms with Gasteiger partial charge in [0.05, 0.1) is 0 Å². The first-order valence-electron chi connectivity index (χ1n) is 8.74. The van der Waals surface area contributed by atoms with E-state index in [1.165, 1.54) is 36.2 Å². The Morgan fingerprint density at radius 2 is 1.88 bits per heavy atom. The molecule has 3 rings (SSSR count). The molecule has 25 heavy (non-hydrogen) atoms. The summed E-state index contributed by atoms with van der Waals surface area (Å²) in [5.41, 5.74) is 3.24. The average molecular weight is 357 g/mol. The Morgan fingerprint density at radius 3 is 2.56 bits per heavy atom. The van der Waals surface area contributed by atoms with Gasteiger partial charge in [-0.1, -0.05) is 19.1 Å². The molecule has 2 aromatic carbocycles. The molecule has 0 bridgehead atoms. The molecule has 1 heterocycles. The van der Waals surface area contributed by atoms with Crippen LogP contribution >= 0.6 is 12.2 Å². The normalized spacial score (nSPS) is 17.2. The summed E-state index contributed by atoms with van der Waals surface area (Å²) in [6.45, 7) is 5.26. The Morgan fingerprint density at radius 1 is 1.16 bits per heavy atom. The number of thiocarbonyl (C=S) groups is 1. The van der Waals surface area contributed by atoms with Crippen LogP contribution in [0.2, 0.25) is 0 Å². The van der Waals surface area contributed by atoms with Gasteiger partial charge in [0.25, 0.3) is 0 Å². The minimum Gasteiger partial charge on any atom is -0.371 e. The van der Waals surface area contributed by atoms with Crippen molar-refractivity contribution in [1.82, 2.24) is 5.32 Å². The highest BCUT2D eigenvalue weighted by atomic mass is 32.1. The average Bonchev–Trinajstić information content (AvgIpc) is 2.62. The number of hydrogen-bond acceptors (Lipinski definition) is 2. The molecule has 5 heteroatoms. The number of rotatable bonds is 4. The molecule has 1 atom stereocenters. The lowest BCUT2D eigenvalue weighted by atomic mass is 9.99. The van der Waals surface area contributed by atoms with Crippen molar-refractivity contribution in [2.75, 3.05) is 23.3 Å². The fourth-order valence-electron chi connectivity index (χ4n) is 3.14. The number of anilines is 2. The molecule has 0 unspecified atom stereocenters. The van der Waals surface area contributed by atoms with Gasteiger partial charge in [0, 0.05) is 31.0 Å². The predicted molar refractivity (Wildman–Crippen MR) is 107 cm³/mol. The molecule has 2 N–H and O–H groups in total. The monoisotopic (exact) mass is 357 g/mol. The molecule has 1 saturated heterocycles. The van der Waals surface area contributed by atoms with Crippen molar-refractivity contribution in [3.05, 3.63) is 59.9 Å². The molecule has 0 radical (unpaired) electrons. The molecular formula is C20H24FN3S. The second-order valence-electron chi connectivity index (χ2n) is 6.67. The van der Waals surface area contributed by atoms with Crippen LogP contribution in [0, 0.1) is 11.7 Å². The summed E-state index contributed by atoms with van der Waals surface area (Å²) in [7, 11) is 0. The number of benzene rings is 2. The van der Waals surface area contributed by atoms with E-state index in [-0.39, 0.29) is 5.82 Å². The summed E-state index contributed by atoms with van der Waals surface area (Å²) in [5, 5.41) is 6.76. The third kappa shape index (κ3) is 5.16. The highest BCUT2D eigenvalue weighted by Crippen LogP contribution is 2.23. The van der Waals surface area contributed by atoms with Crippen molar-refractivity contribution in [1.29, 1.82) is 0 Å². The molecule has 2 aromatic rings. The zero-order chi connectivity index (χ0) is 17.6. The molecule has 132 valence electrons. The van der Waals surface area contributed by atoms with Crippen LogP contribution in [0.25, 0.3) is 0 Å². The van der Waals surface area contributed by atoms with Gasteiger partial charge in [0.2, 0.25) is 0 Å². The Bertz CT molecular complexity index is 700. The maximum atomic E-state index is 12.9. The van der Waals surface area contributed by atoms with Crippen molar-refractivity contribution in [3.63, 3.8) is 0 Å². The number of piperidine rings is 1. The van der Waals surface area contributed by atoms with Crippen LogP contribution in [-0.2, 0) is 6.54 Å². The van der Waals surface area contributed by atoms with Crippen LogP contribution in [0.4, 0.5) is 15.8 Å². The lowest BCUT2D eigenvalue weighted by Gasteiger charge is -2.32. The summed E-state index contributed by atoms with van der Waals surface area (Å²) >= 11 is 5.28. The Balaban J connectivity index is 1.49. The zero-order valence-electron chi connectivity index (χ0n) is 14.5. The highest BCUT2D eigenvalue weighted by Gasteiger charge is 2.16. The summed E-state index contributed by atoms with van der Waals surface area (Å²) in [6, 6.07) is 14.8. The number of hydrogen-bond donors (Lipinski definition) is 2. The van der Waals surface area contributed by atoms with Crippen molar-refractivity contribution >= 4 is 28.7 Å². The van der Waals surface area contributed by atoms with Crippen molar-refractivity contribution < 1.29 is 4.39 Å². The van der Waals surface area contributed by atoms with Gasteiger partial charge in [-0.15, -0.1) is 0 Å². The largest absolute Gasteiger partial charge is 0.371 e. The summed E-state index contributed by atoms with van der Waals surface area (Å²) in [6.07, 6.45) is 2.60. The van der Waals surface area contributed by atoms with E-state index in [9.17, 15) is 4.39 Å². The van der Waals surface area contributed by atoms with E-state index >= 15 is 0 Å². The topological polar surface area (TPSA) is 27.3 Å². The van der Waals surface area contributed by atoms with E-state index < -0.39 is 0 Å². The molecule has 0 saturated carbocycles. The minimum absolute atomic E-state index is 0.257. The first-order chi connectivity index (χ1) is 12.1. The van der Waals surface area contributed by atoms with E-state index in [0.717, 1.165) is 24.7 Å². The SMILES string of the molecule is C[C@@H]1CCCN(c2ccc(CNC(=S)Nc3ccc(F)cc3)cc2)C1. The first-order valence-corrected chi connectivity index (χ1v) is 9.15. The Labute approximate surface area is 154 Å². The lowest BCUT2D eigenvalue weighted by molar-refractivity contribution is 0.447. The molecule has 1 fully saturated rings. The molecule has 0 spiro atoms. The highest BCUT2D eigenvalue weighted by molar-refractivity contribution is 7.80. The molecule has 0 amide bonds. The second kappa shape index (κ2) is 8.30. The fraction of sp³-hybridized carbons (Fsp3) is 0.350. The molecule has 3 nitrogen and oxygen atoms in total. The maximum absolute atomic E-state index is 12.9. The van der Waals surface area contributed by atoms with Crippen LogP contribution < -0.4 is 15.5 Å². The molecule has 1 aliphatic rings. The van der Waals surface area contributed by atoms with Crippen molar-refractivity contribution in [2.45, 2.75) is 26.3 Å². The van der Waals surface area contributed by atoms with E-state index in [1.807, 2.05) is 0 Å². The van der Waals surface area contributed by atoms with Crippen LogP contribution in [0.15, 0.2) is 48.5 Å². The second-order valence-corrected chi connectivity index (χ2v) is 7.08. The molecule has 1 aliphatic heterocycles.